The highest BCUT2D eigenvalue weighted by atomic mass is 16.5. The molecule has 2 aromatic heterocycles. The zero-order valence-electron chi connectivity index (χ0n) is 10.6. The molecule has 2 aliphatic rings. The lowest BCUT2D eigenvalue weighted by molar-refractivity contribution is -0.0671. The molecule has 2 aliphatic heterocycles. The Labute approximate surface area is 110 Å². The van der Waals surface area contributed by atoms with Gasteiger partial charge in [0.05, 0.1) is 30.6 Å². The van der Waals surface area contributed by atoms with Gasteiger partial charge in [-0.1, -0.05) is 5.21 Å². The number of piperidine rings is 1. The molecule has 7 nitrogen and oxygen atoms in total. The van der Waals surface area contributed by atoms with Crippen LogP contribution in [0.4, 0.5) is 0 Å². The van der Waals surface area contributed by atoms with Crippen molar-refractivity contribution in [1.82, 2.24) is 30.1 Å². The summed E-state index contributed by atoms with van der Waals surface area (Å²) in [6.07, 6.45) is 4.90. The number of aromatic nitrogens is 5. The predicted octanol–water partition coefficient (Wildman–Crippen LogP) is 0.347. The molecule has 0 amide bonds. The highest BCUT2D eigenvalue weighted by Crippen LogP contribution is 2.30. The van der Waals surface area contributed by atoms with Crippen molar-refractivity contribution < 1.29 is 4.74 Å². The van der Waals surface area contributed by atoms with Gasteiger partial charge in [-0.2, -0.15) is 5.10 Å². The summed E-state index contributed by atoms with van der Waals surface area (Å²) in [5.41, 5.74) is 2.22. The van der Waals surface area contributed by atoms with E-state index in [0.29, 0.717) is 6.61 Å². The quantitative estimate of drug-likeness (QED) is 0.843. The molecular formula is C12H16N6O. The number of aromatic amines is 1. The van der Waals surface area contributed by atoms with Gasteiger partial charge < -0.3 is 4.74 Å². The molecular weight excluding hydrogens is 244 g/mol. The van der Waals surface area contributed by atoms with Crippen LogP contribution in [0.15, 0.2) is 18.5 Å². The smallest absolute Gasteiger partial charge is 0.0930 e. The fourth-order valence-corrected chi connectivity index (χ4v) is 3.00. The van der Waals surface area contributed by atoms with Crippen LogP contribution in [-0.2, 0) is 17.9 Å². The molecule has 0 aliphatic carbocycles. The number of hydrogen-bond acceptors (Lipinski definition) is 5. The number of hydrogen-bond donors (Lipinski definition) is 1. The molecule has 1 saturated heterocycles. The van der Waals surface area contributed by atoms with Gasteiger partial charge in [0.15, 0.2) is 0 Å². The molecule has 2 atom stereocenters. The minimum atomic E-state index is 0.271. The first kappa shape index (κ1) is 11.1. The second-order valence-corrected chi connectivity index (χ2v) is 5.19. The molecule has 1 fully saturated rings. The van der Waals surface area contributed by atoms with Crippen LogP contribution in [0.3, 0.4) is 0 Å². The fraction of sp³-hybridized carbons (Fsp3) is 0.583. The zero-order valence-corrected chi connectivity index (χ0v) is 10.6. The fourth-order valence-electron chi connectivity index (χ4n) is 3.00. The Morgan fingerprint density at radius 2 is 2.47 bits per heavy atom. The Hall–Kier alpha value is -1.73. The van der Waals surface area contributed by atoms with E-state index in [0.717, 1.165) is 37.4 Å². The highest BCUT2D eigenvalue weighted by Gasteiger charge is 2.36. The van der Waals surface area contributed by atoms with Gasteiger partial charge in [-0.25, -0.2) is 4.68 Å². The zero-order chi connectivity index (χ0) is 12.7. The Kier molecular flexibility index (Phi) is 2.59. The van der Waals surface area contributed by atoms with E-state index >= 15 is 0 Å². The minimum Gasteiger partial charge on any atom is -0.370 e. The van der Waals surface area contributed by atoms with Crippen LogP contribution < -0.4 is 0 Å². The monoisotopic (exact) mass is 260 g/mol. The molecule has 1 N–H and O–H groups in total. The number of H-pyrrole nitrogens is 1. The molecule has 2 aromatic rings. The number of fused-ring (bicyclic) bond motifs is 3. The van der Waals surface area contributed by atoms with Gasteiger partial charge in [0, 0.05) is 31.5 Å². The van der Waals surface area contributed by atoms with E-state index in [1.807, 2.05) is 10.7 Å². The Bertz CT molecular complexity index is 550. The first-order valence-corrected chi connectivity index (χ1v) is 6.61. The molecule has 0 radical (unpaired) electrons. The standard InChI is InChI=1S/C12H16N6O/c1-3-13-15-9(1)6-17-4-2-12-11(7-17)18-10(8-19-12)5-14-16-18/h1,3,5,11-12H,2,4,6-8H2,(H,13,15)/t11-,12-/m0/s1. The number of likely N-dealkylation sites (tertiary alicyclic amines) is 1. The van der Waals surface area contributed by atoms with Crippen LogP contribution in [0, 0.1) is 0 Å². The van der Waals surface area contributed by atoms with Crippen molar-refractivity contribution >= 4 is 0 Å². The maximum Gasteiger partial charge on any atom is 0.0930 e. The second-order valence-electron chi connectivity index (χ2n) is 5.19. The summed E-state index contributed by atoms with van der Waals surface area (Å²) in [5.74, 6) is 0. The van der Waals surface area contributed by atoms with Gasteiger partial charge in [0.1, 0.15) is 0 Å². The third-order valence-electron chi connectivity index (χ3n) is 3.97. The van der Waals surface area contributed by atoms with E-state index in [4.69, 9.17) is 4.74 Å². The van der Waals surface area contributed by atoms with Gasteiger partial charge in [-0.15, -0.1) is 5.10 Å². The Balaban J connectivity index is 1.52. The summed E-state index contributed by atoms with van der Waals surface area (Å²) in [7, 11) is 0. The molecule has 19 heavy (non-hydrogen) atoms. The summed E-state index contributed by atoms with van der Waals surface area (Å²) in [5, 5.41) is 15.2. The van der Waals surface area contributed by atoms with E-state index in [2.05, 4.69) is 25.4 Å². The average molecular weight is 260 g/mol. The minimum absolute atomic E-state index is 0.271. The van der Waals surface area contributed by atoms with Crippen molar-refractivity contribution in [3.8, 4) is 0 Å². The van der Waals surface area contributed by atoms with E-state index in [-0.39, 0.29) is 12.1 Å². The molecule has 4 rings (SSSR count). The van der Waals surface area contributed by atoms with Crippen molar-refractivity contribution in [2.24, 2.45) is 0 Å². The van der Waals surface area contributed by atoms with E-state index in [9.17, 15) is 0 Å². The third kappa shape index (κ3) is 1.95. The van der Waals surface area contributed by atoms with Crippen molar-refractivity contribution in [2.75, 3.05) is 13.1 Å². The first-order chi connectivity index (χ1) is 9.40. The molecule has 0 unspecified atom stereocenters. The molecule has 0 spiro atoms. The summed E-state index contributed by atoms with van der Waals surface area (Å²) >= 11 is 0. The lowest BCUT2D eigenvalue weighted by atomic mass is 10.0. The van der Waals surface area contributed by atoms with Gasteiger partial charge >= 0.3 is 0 Å². The lowest BCUT2D eigenvalue weighted by Crippen LogP contribution is -2.47. The second kappa shape index (κ2) is 4.43. The van der Waals surface area contributed by atoms with Crippen molar-refractivity contribution in [3.63, 3.8) is 0 Å². The van der Waals surface area contributed by atoms with Crippen LogP contribution in [-0.4, -0.2) is 49.3 Å². The number of nitrogens with one attached hydrogen (secondary N) is 1. The molecule has 4 heterocycles. The lowest BCUT2D eigenvalue weighted by Gasteiger charge is -2.40. The van der Waals surface area contributed by atoms with Crippen LogP contribution in [0.2, 0.25) is 0 Å². The predicted molar refractivity (Wildman–Crippen MR) is 66.1 cm³/mol. The summed E-state index contributed by atoms with van der Waals surface area (Å²) in [4.78, 5) is 2.41. The summed E-state index contributed by atoms with van der Waals surface area (Å²) < 4.78 is 7.94. The van der Waals surface area contributed by atoms with Crippen LogP contribution in [0.25, 0.3) is 0 Å². The van der Waals surface area contributed by atoms with Crippen molar-refractivity contribution in [3.05, 3.63) is 29.8 Å². The van der Waals surface area contributed by atoms with Gasteiger partial charge in [-0.05, 0) is 12.5 Å². The average Bonchev–Trinajstić information content (AvgIpc) is 3.08. The molecule has 7 heteroatoms. The van der Waals surface area contributed by atoms with Gasteiger partial charge in [0.25, 0.3) is 0 Å². The van der Waals surface area contributed by atoms with Crippen LogP contribution in [0.1, 0.15) is 23.9 Å². The number of ether oxygens (including phenoxy) is 1. The number of rotatable bonds is 2. The Morgan fingerprint density at radius 1 is 1.47 bits per heavy atom. The number of nitrogens with zero attached hydrogens (tertiary/aromatic N) is 5. The molecule has 100 valence electrons. The van der Waals surface area contributed by atoms with Gasteiger partial charge in [0.2, 0.25) is 0 Å². The van der Waals surface area contributed by atoms with Crippen LogP contribution >= 0.6 is 0 Å². The Morgan fingerprint density at radius 3 is 3.37 bits per heavy atom. The highest BCUT2D eigenvalue weighted by molar-refractivity contribution is 5.03. The largest absolute Gasteiger partial charge is 0.370 e. The normalized spacial score (nSPS) is 26.9. The first-order valence-electron chi connectivity index (χ1n) is 6.61. The molecule has 0 aromatic carbocycles. The van der Waals surface area contributed by atoms with E-state index in [1.165, 1.54) is 0 Å². The van der Waals surface area contributed by atoms with Crippen molar-refractivity contribution in [1.29, 1.82) is 0 Å². The summed E-state index contributed by atoms with van der Waals surface area (Å²) in [6.45, 7) is 3.52. The molecule has 0 saturated carbocycles. The SMILES string of the molecule is c1cc(CN2CC[C@@H]3OCc4cnnn4[C@H]3C2)[nH]n1. The van der Waals surface area contributed by atoms with E-state index < -0.39 is 0 Å². The maximum atomic E-state index is 5.90. The van der Waals surface area contributed by atoms with Crippen LogP contribution in [0.5, 0.6) is 0 Å². The molecule has 0 bridgehead atoms. The third-order valence-corrected chi connectivity index (χ3v) is 3.97. The van der Waals surface area contributed by atoms with Crippen molar-refractivity contribution in [2.45, 2.75) is 31.7 Å². The summed E-state index contributed by atoms with van der Waals surface area (Å²) in [6, 6.07) is 2.30. The van der Waals surface area contributed by atoms with Gasteiger partial charge in [-0.3, -0.25) is 10.00 Å². The van der Waals surface area contributed by atoms with E-state index in [1.54, 1.807) is 12.4 Å². The topological polar surface area (TPSA) is 71.9 Å². The maximum absolute atomic E-state index is 5.90.